The molecule has 0 saturated carbocycles. The average Bonchev–Trinajstić information content (AvgIpc) is 3.16. The highest BCUT2D eigenvalue weighted by atomic mass is 16.1. The maximum atomic E-state index is 12.7. The van der Waals surface area contributed by atoms with Gasteiger partial charge in [-0.3, -0.25) is 9.59 Å². The average molecular weight is 395 g/mol. The van der Waals surface area contributed by atoms with Gasteiger partial charge >= 0.3 is 0 Å². The molecule has 0 spiro atoms. The maximum Gasteiger partial charge on any atom is 0.272 e. The minimum absolute atomic E-state index is 0.00331. The van der Waals surface area contributed by atoms with Crippen molar-refractivity contribution in [1.82, 2.24) is 19.9 Å². The van der Waals surface area contributed by atoms with E-state index in [4.69, 9.17) is 47.1 Å². The smallest absolute Gasteiger partial charge is 0.272 e. The van der Waals surface area contributed by atoms with E-state index in [0.29, 0.717) is 5.69 Å². The first-order valence-electron chi connectivity index (χ1n) is 9.24. The van der Waals surface area contributed by atoms with E-state index in [1.165, 1.54) is 12.4 Å². The highest BCUT2D eigenvalue weighted by molar-refractivity contribution is 6.69. The summed E-state index contributed by atoms with van der Waals surface area (Å²) in [7, 11) is 35.6. The predicted molar refractivity (Wildman–Crippen MR) is 129 cm³/mol. The molecule has 0 saturated heterocycles. The SMILES string of the molecule is [B]/C(c1c([B])c([B])c([B])c([B])c1[B])=c1/[nH]c(=O)/c(=C/c2nc[nH]c2C(C)(C)C)[nH]c1=O. The first-order chi connectivity index (χ1) is 14.3. The van der Waals surface area contributed by atoms with Crippen molar-refractivity contribution < 1.29 is 0 Å². The lowest BCUT2D eigenvalue weighted by molar-refractivity contribution is 0.571. The van der Waals surface area contributed by atoms with Crippen molar-refractivity contribution in [3.05, 3.63) is 54.7 Å². The van der Waals surface area contributed by atoms with E-state index in [2.05, 4.69) is 19.9 Å². The van der Waals surface area contributed by atoms with Gasteiger partial charge in [0.15, 0.2) is 0 Å². The summed E-state index contributed by atoms with van der Waals surface area (Å²) in [6.07, 6.45) is 2.99. The van der Waals surface area contributed by atoms with Gasteiger partial charge in [-0.25, -0.2) is 4.98 Å². The van der Waals surface area contributed by atoms with Crippen molar-refractivity contribution in [3.63, 3.8) is 0 Å². The van der Waals surface area contributed by atoms with Gasteiger partial charge in [0, 0.05) is 11.1 Å². The Labute approximate surface area is 186 Å². The summed E-state index contributed by atoms with van der Waals surface area (Å²) < 4.78 is 0. The lowest BCUT2D eigenvalue weighted by Gasteiger charge is -2.21. The van der Waals surface area contributed by atoms with Gasteiger partial charge in [0.05, 0.1) is 12.0 Å². The fraction of sp³-hybridized carbons (Fsp3) is 0.211. The number of benzene rings is 1. The summed E-state index contributed by atoms with van der Waals surface area (Å²) in [4.78, 5) is 37.7. The van der Waals surface area contributed by atoms with Crippen LogP contribution < -0.4 is 49.1 Å². The minimum atomic E-state index is -0.677. The number of aromatic nitrogens is 4. The topological polar surface area (TPSA) is 94.4 Å². The molecule has 12 heteroatoms. The Hall–Kier alpha value is -2.76. The van der Waals surface area contributed by atoms with Gasteiger partial charge in [-0.2, -0.15) is 0 Å². The van der Waals surface area contributed by atoms with Crippen molar-refractivity contribution in [3.8, 4) is 0 Å². The van der Waals surface area contributed by atoms with Crippen molar-refractivity contribution in [1.29, 1.82) is 0 Å². The van der Waals surface area contributed by atoms with Crippen LogP contribution in [-0.2, 0) is 5.41 Å². The molecule has 2 aromatic heterocycles. The molecule has 0 unspecified atom stereocenters. The molecule has 3 aromatic rings. The van der Waals surface area contributed by atoms with Crippen molar-refractivity contribution >= 4 is 85.9 Å². The molecular weight excluding hydrogens is 381 g/mol. The highest BCUT2D eigenvalue weighted by Gasteiger charge is 2.19. The van der Waals surface area contributed by atoms with Crippen LogP contribution >= 0.6 is 0 Å². The zero-order valence-electron chi connectivity index (χ0n) is 17.4. The first-order valence-corrected chi connectivity index (χ1v) is 9.24. The normalized spacial score (nSPS) is 13.5. The van der Waals surface area contributed by atoms with E-state index < -0.39 is 11.1 Å². The Morgan fingerprint density at radius 2 is 1.45 bits per heavy atom. The molecule has 3 N–H and O–H groups in total. The lowest BCUT2D eigenvalue weighted by atomic mass is 9.58. The molecule has 140 valence electrons. The Kier molecular flexibility index (Phi) is 5.96. The van der Waals surface area contributed by atoms with Crippen LogP contribution in [0.25, 0.3) is 11.5 Å². The summed E-state index contributed by atoms with van der Waals surface area (Å²) >= 11 is 0. The molecule has 0 aliphatic heterocycles. The first kappa shape index (κ1) is 22.9. The fourth-order valence-corrected chi connectivity index (χ4v) is 3.19. The van der Waals surface area contributed by atoms with E-state index in [0.717, 1.165) is 5.69 Å². The summed E-state index contributed by atoms with van der Waals surface area (Å²) in [5, 5.41) is -0.251. The van der Waals surface area contributed by atoms with Crippen LogP contribution in [0.4, 0.5) is 0 Å². The van der Waals surface area contributed by atoms with Gasteiger partial charge in [0.2, 0.25) is 0 Å². The van der Waals surface area contributed by atoms with Gasteiger partial charge in [-0.15, -0.1) is 16.4 Å². The van der Waals surface area contributed by atoms with E-state index >= 15 is 0 Å². The van der Waals surface area contributed by atoms with Gasteiger partial charge in [0.25, 0.3) is 11.1 Å². The summed E-state index contributed by atoms with van der Waals surface area (Å²) in [5.74, 6) is 0. The molecule has 31 heavy (non-hydrogen) atoms. The third-order valence-corrected chi connectivity index (χ3v) is 4.90. The number of imidazole rings is 1. The molecule has 0 amide bonds. The molecule has 0 aliphatic rings. The number of nitrogens with zero attached hydrogens (tertiary/aromatic N) is 1. The van der Waals surface area contributed by atoms with Crippen molar-refractivity contribution in [2.45, 2.75) is 26.2 Å². The molecule has 3 rings (SSSR count). The predicted octanol–water partition coefficient (Wildman–Crippen LogP) is -5.79. The second kappa shape index (κ2) is 8.06. The summed E-state index contributed by atoms with van der Waals surface area (Å²) in [6, 6.07) is 0. The molecule has 0 aliphatic carbocycles. The van der Waals surface area contributed by atoms with Crippen LogP contribution in [0.3, 0.4) is 0 Å². The Balaban J connectivity index is 2.31. The van der Waals surface area contributed by atoms with Crippen LogP contribution in [-0.4, -0.2) is 67.0 Å². The lowest BCUT2D eigenvalue weighted by Crippen LogP contribution is -2.57. The monoisotopic (exact) mass is 396 g/mol. The molecule has 12 radical (unpaired) electrons. The molecule has 1 aromatic carbocycles. The van der Waals surface area contributed by atoms with Crippen LogP contribution in [0.2, 0.25) is 0 Å². The maximum absolute atomic E-state index is 12.7. The Bertz CT molecular complexity index is 1400. The van der Waals surface area contributed by atoms with E-state index in [9.17, 15) is 9.59 Å². The zero-order chi connectivity index (χ0) is 23.2. The Morgan fingerprint density at radius 1 is 0.903 bits per heavy atom. The van der Waals surface area contributed by atoms with Gasteiger partial charge in [-0.1, -0.05) is 37.2 Å². The molecule has 2 heterocycles. The fourth-order valence-electron chi connectivity index (χ4n) is 3.19. The second-order valence-electron chi connectivity index (χ2n) is 8.11. The second-order valence-corrected chi connectivity index (χ2v) is 8.11. The van der Waals surface area contributed by atoms with Gasteiger partial charge < -0.3 is 15.0 Å². The van der Waals surface area contributed by atoms with E-state index in [1.54, 1.807) is 0 Å². The molecule has 0 fully saturated rings. The third-order valence-electron chi connectivity index (χ3n) is 4.90. The highest BCUT2D eigenvalue weighted by Crippen LogP contribution is 2.22. The number of aromatic amines is 3. The number of H-pyrrole nitrogens is 3. The quantitative estimate of drug-likeness (QED) is 0.378. The van der Waals surface area contributed by atoms with Gasteiger partial charge in [-0.05, 0) is 11.6 Å². The van der Waals surface area contributed by atoms with Crippen LogP contribution in [0.5, 0.6) is 0 Å². The van der Waals surface area contributed by atoms with Crippen LogP contribution in [0, 0.1) is 0 Å². The summed E-state index contributed by atoms with van der Waals surface area (Å²) in [6.45, 7) is 5.97. The number of hydrogen-bond donors (Lipinski definition) is 3. The van der Waals surface area contributed by atoms with Gasteiger partial charge in [0.1, 0.15) is 57.8 Å². The number of nitrogens with one attached hydrogen (secondary N) is 3. The number of rotatable bonds is 2. The number of hydrogen-bond acceptors (Lipinski definition) is 3. The molecule has 0 bridgehead atoms. The largest absolute Gasteiger partial charge is 0.348 e. The molecule has 0 atom stereocenters. The molecular formula is C19H14B6N4O2. The zero-order valence-corrected chi connectivity index (χ0v) is 17.4. The Morgan fingerprint density at radius 3 is 2.00 bits per heavy atom. The van der Waals surface area contributed by atoms with Crippen molar-refractivity contribution in [2.75, 3.05) is 0 Å². The van der Waals surface area contributed by atoms with E-state index in [-0.39, 0.29) is 54.5 Å². The van der Waals surface area contributed by atoms with E-state index in [1.807, 2.05) is 20.8 Å². The third kappa shape index (κ3) is 4.08. The van der Waals surface area contributed by atoms with Crippen LogP contribution in [0.15, 0.2) is 15.9 Å². The molecule has 6 nitrogen and oxygen atoms in total. The summed E-state index contributed by atoms with van der Waals surface area (Å²) in [5.41, 5.74) is -0.543. The van der Waals surface area contributed by atoms with Crippen molar-refractivity contribution in [2.24, 2.45) is 0 Å². The minimum Gasteiger partial charge on any atom is -0.348 e. The standard InChI is InChI=1S/C19H14B6N4O2/c1-19(2,3)16-6(26-5-27-16)4-7-17(30)29-15(18(31)28-7)11(22)8-9(20)12(23)14(25)13(24)10(8)21/h4-5H,1-3H3,(H,26,27)(H,28,31)(H,29,30)/b7-4-,15-11+. The van der Waals surface area contributed by atoms with Crippen LogP contribution in [0.1, 0.15) is 37.7 Å².